The van der Waals surface area contributed by atoms with E-state index in [1.165, 1.54) is 0 Å². The number of anilines is 2. The largest absolute Gasteiger partial charge is 0.478 e. The van der Waals surface area contributed by atoms with Crippen LogP contribution in [-0.4, -0.2) is 105 Å². The van der Waals surface area contributed by atoms with E-state index in [4.69, 9.17) is 9.47 Å². The number of ether oxygens (including phenoxy) is 2. The molecule has 0 saturated heterocycles. The van der Waals surface area contributed by atoms with E-state index < -0.39 is 35.3 Å². The number of rotatable bonds is 8. The lowest BCUT2D eigenvalue weighted by Gasteiger charge is -2.20. The monoisotopic (exact) mass is 1470 g/mol. The standard InChI is InChI=1S/2C18H19BrN4O2.2C14H10BrN3O2/c1-11-6-5-7-16(20-11)23-10-13-14(8-12(19)9-15(13)22-23)21-17(24)25-18(2,3)4;1-11-6-5-7-16(21-11)23-15-9-12(19)8-14(13(15)10-20-23)22-17(24)25-18(2,3)4;1-8-3-2-4-13(16-8)18-7-11-10(14(19)20)5-9(15)6-12(11)17-18;1-8-3-2-4-13(17-8)18-12-6-9(15)5-10(14(19)20)11(12)7-16-18/h5-10H,1-4H3,(H,21,24);5-10H,1-4H3,(H,22,24);2*2-7H,1H3,(H,19,20). The Kier molecular flexibility index (Phi) is 19.7. The summed E-state index contributed by atoms with van der Waals surface area (Å²) in [4.78, 5) is 64.6. The van der Waals surface area contributed by atoms with E-state index >= 15 is 0 Å². The number of halogens is 4. The van der Waals surface area contributed by atoms with Crippen molar-refractivity contribution < 1.29 is 38.9 Å². The van der Waals surface area contributed by atoms with Crippen LogP contribution in [0.4, 0.5) is 21.0 Å². The molecule has 0 saturated carbocycles. The summed E-state index contributed by atoms with van der Waals surface area (Å²) >= 11 is 13.6. The van der Waals surface area contributed by atoms with Gasteiger partial charge in [-0.25, -0.2) is 57.8 Å². The summed E-state index contributed by atoms with van der Waals surface area (Å²) in [5.74, 6) is 0.802. The third-order valence-corrected chi connectivity index (χ3v) is 14.4. The Labute approximate surface area is 549 Å². The predicted octanol–water partition coefficient (Wildman–Crippen LogP) is 16.1. The molecule has 0 aliphatic rings. The first-order valence-corrected chi connectivity index (χ1v) is 30.7. The van der Waals surface area contributed by atoms with E-state index in [9.17, 15) is 29.4 Å². The number of benzene rings is 4. The van der Waals surface area contributed by atoms with Gasteiger partial charge in [-0.3, -0.25) is 10.6 Å². The Morgan fingerprint density at radius 2 is 0.789 bits per heavy atom. The van der Waals surface area contributed by atoms with Gasteiger partial charge in [0.15, 0.2) is 23.3 Å². The number of nitrogens with zero attached hydrogens (tertiary/aromatic N) is 12. The molecular weight excluding hydrogens is 1410 g/mol. The van der Waals surface area contributed by atoms with Crippen LogP contribution >= 0.6 is 63.7 Å². The van der Waals surface area contributed by atoms with Gasteiger partial charge >= 0.3 is 24.1 Å². The Morgan fingerprint density at radius 3 is 1.22 bits per heavy atom. The zero-order valence-electron chi connectivity index (χ0n) is 50.1. The molecule has 4 N–H and O–H groups in total. The minimum Gasteiger partial charge on any atom is -0.478 e. The SMILES string of the molecule is Cc1cccc(-n2cc3c(C(=O)O)cc(Br)cc3n2)n1.Cc1cccc(-n2cc3c(NC(=O)OC(C)(C)C)cc(Br)cc3n2)n1.Cc1cccc(-n2ncc3c(C(=O)O)cc(Br)cc32)n1.Cc1cccc(-n2ncc3c(NC(=O)OC(C)(C)C)cc(Br)cc32)n1. The number of amides is 2. The summed E-state index contributed by atoms with van der Waals surface area (Å²) in [5, 5.41) is 44.5. The van der Waals surface area contributed by atoms with Crippen molar-refractivity contribution in [2.75, 3.05) is 10.6 Å². The Bertz CT molecular complexity index is 4660. The molecule has 8 aromatic heterocycles. The number of aromatic carboxylic acids is 2. The van der Waals surface area contributed by atoms with Crippen LogP contribution < -0.4 is 10.6 Å². The first-order valence-electron chi connectivity index (χ1n) is 27.5. The van der Waals surface area contributed by atoms with Gasteiger partial charge in [-0.2, -0.15) is 20.4 Å². The normalized spacial score (nSPS) is 11.3. The van der Waals surface area contributed by atoms with Gasteiger partial charge < -0.3 is 19.7 Å². The number of carbonyl (C=O) groups excluding carboxylic acids is 2. The molecule has 8 heterocycles. The Hall–Kier alpha value is -9.24. The molecule has 0 atom stereocenters. The lowest BCUT2D eigenvalue weighted by molar-refractivity contribution is 0.0624. The molecule has 12 aromatic rings. The van der Waals surface area contributed by atoms with Crippen LogP contribution in [0.15, 0.2) is 164 Å². The maximum atomic E-state index is 12.1. The van der Waals surface area contributed by atoms with Gasteiger partial charge in [0.25, 0.3) is 0 Å². The molecule has 22 nitrogen and oxygen atoms in total. The van der Waals surface area contributed by atoms with Crippen molar-refractivity contribution in [3.05, 3.63) is 198 Å². The first-order chi connectivity index (χ1) is 42.5. The minimum atomic E-state index is -0.979. The average molecular weight is 1470 g/mol. The molecule has 4 aromatic carbocycles. The predicted molar refractivity (Wildman–Crippen MR) is 359 cm³/mol. The van der Waals surface area contributed by atoms with Crippen LogP contribution in [0.1, 0.15) is 85.0 Å². The second-order valence-electron chi connectivity index (χ2n) is 22.2. The van der Waals surface area contributed by atoms with Crippen LogP contribution in [0, 0.1) is 27.7 Å². The van der Waals surface area contributed by atoms with Crippen molar-refractivity contribution >= 4 is 143 Å². The fourth-order valence-corrected chi connectivity index (χ4v) is 10.7. The van der Waals surface area contributed by atoms with Crippen molar-refractivity contribution in [1.29, 1.82) is 0 Å². The fourth-order valence-electron chi connectivity index (χ4n) is 8.96. The molecule has 2 amide bonds. The smallest absolute Gasteiger partial charge is 0.412 e. The summed E-state index contributed by atoms with van der Waals surface area (Å²) in [6.07, 6.45) is 5.78. The maximum Gasteiger partial charge on any atom is 0.412 e. The van der Waals surface area contributed by atoms with Crippen LogP contribution in [0.2, 0.25) is 0 Å². The highest BCUT2D eigenvalue weighted by atomic mass is 79.9. The zero-order chi connectivity index (χ0) is 64.9. The molecule has 0 radical (unpaired) electrons. The topological polar surface area (TPSA) is 274 Å². The van der Waals surface area contributed by atoms with E-state index in [0.29, 0.717) is 53.8 Å². The fraction of sp³-hybridized carbons (Fsp3) is 0.188. The summed E-state index contributed by atoms with van der Waals surface area (Å²) < 4.78 is 20.3. The summed E-state index contributed by atoms with van der Waals surface area (Å²) in [5.41, 5.74) is 7.00. The highest BCUT2D eigenvalue weighted by Crippen LogP contribution is 2.33. The van der Waals surface area contributed by atoms with Crippen LogP contribution in [-0.2, 0) is 9.47 Å². The van der Waals surface area contributed by atoms with E-state index in [0.717, 1.165) is 65.2 Å². The number of carboxylic acid groups (broad SMARTS) is 2. The molecular formula is C64H58Br4N14O8. The molecule has 26 heteroatoms. The highest BCUT2D eigenvalue weighted by molar-refractivity contribution is 9.11. The maximum absolute atomic E-state index is 12.1. The minimum absolute atomic E-state index is 0.216. The Morgan fingerprint density at radius 1 is 0.444 bits per heavy atom. The van der Waals surface area contributed by atoms with E-state index in [1.807, 2.05) is 179 Å². The van der Waals surface area contributed by atoms with E-state index in [2.05, 4.69) is 115 Å². The lowest BCUT2D eigenvalue weighted by atomic mass is 10.1. The number of nitrogens with one attached hydrogen (secondary N) is 2. The van der Waals surface area contributed by atoms with Gasteiger partial charge in [-0.15, -0.1) is 0 Å². The first kappa shape index (κ1) is 65.2. The van der Waals surface area contributed by atoms with Crippen LogP contribution in [0.3, 0.4) is 0 Å². The number of hydrogen-bond donors (Lipinski definition) is 4. The molecule has 460 valence electrons. The molecule has 0 bridgehead atoms. The second-order valence-corrected chi connectivity index (χ2v) is 25.9. The Balaban J connectivity index is 0.000000143. The quantitative estimate of drug-likeness (QED) is 0.110. The third kappa shape index (κ3) is 16.3. The van der Waals surface area contributed by atoms with Gasteiger partial charge in [0.05, 0.1) is 57.0 Å². The van der Waals surface area contributed by atoms with Crippen LogP contribution in [0.5, 0.6) is 0 Å². The van der Waals surface area contributed by atoms with Crippen LogP contribution in [0.25, 0.3) is 66.9 Å². The van der Waals surface area contributed by atoms with E-state index in [-0.39, 0.29) is 11.1 Å². The molecule has 0 unspecified atom stereocenters. The molecule has 0 spiro atoms. The third-order valence-electron chi connectivity index (χ3n) is 12.6. The number of hydrogen-bond acceptors (Lipinski definition) is 14. The van der Waals surface area contributed by atoms with Gasteiger partial charge in [-0.05, 0) is 166 Å². The highest BCUT2D eigenvalue weighted by Gasteiger charge is 2.22. The number of carboxylic acids is 2. The lowest BCUT2D eigenvalue weighted by Crippen LogP contribution is -2.27. The molecule has 0 fully saturated rings. The van der Waals surface area contributed by atoms with Crippen molar-refractivity contribution in [3.8, 4) is 23.3 Å². The van der Waals surface area contributed by atoms with Gasteiger partial charge in [0.2, 0.25) is 0 Å². The second kappa shape index (κ2) is 27.2. The number of fused-ring (bicyclic) bond motifs is 4. The molecule has 0 aliphatic heterocycles. The number of aromatic nitrogens is 12. The van der Waals surface area contributed by atoms with Crippen molar-refractivity contribution in [3.63, 3.8) is 0 Å². The van der Waals surface area contributed by atoms with Crippen molar-refractivity contribution in [2.45, 2.75) is 80.4 Å². The average Bonchev–Trinajstić information content (AvgIpc) is 1.79. The number of carbonyl (C=O) groups is 4. The summed E-state index contributed by atoms with van der Waals surface area (Å²) in [7, 11) is 0. The van der Waals surface area contributed by atoms with Crippen molar-refractivity contribution in [1.82, 2.24) is 59.1 Å². The van der Waals surface area contributed by atoms with Crippen molar-refractivity contribution in [2.24, 2.45) is 0 Å². The number of aryl methyl sites for hydroxylation is 4. The number of pyridine rings is 4. The van der Waals surface area contributed by atoms with E-state index in [1.54, 1.807) is 55.5 Å². The molecule has 0 aliphatic carbocycles. The molecule has 12 rings (SSSR count). The molecule has 90 heavy (non-hydrogen) atoms. The van der Waals surface area contributed by atoms with Gasteiger partial charge in [-0.1, -0.05) is 88.0 Å². The van der Waals surface area contributed by atoms with Gasteiger partial charge in [0.1, 0.15) is 11.2 Å². The zero-order valence-corrected chi connectivity index (χ0v) is 56.4. The van der Waals surface area contributed by atoms with Gasteiger partial charge in [0, 0.05) is 74.6 Å². The summed E-state index contributed by atoms with van der Waals surface area (Å²) in [6, 6.07) is 37.0. The summed E-state index contributed by atoms with van der Waals surface area (Å²) in [6.45, 7) is 18.6.